The molecule has 2 rings (SSSR count). The molecule has 3 nitrogen and oxygen atoms in total. The van der Waals surface area contributed by atoms with Crippen LogP contribution in [0.2, 0.25) is 0 Å². The van der Waals surface area contributed by atoms with E-state index in [0.29, 0.717) is 12.6 Å². The van der Waals surface area contributed by atoms with E-state index in [9.17, 15) is 5.11 Å². The van der Waals surface area contributed by atoms with Gasteiger partial charge in [0.2, 0.25) is 0 Å². The summed E-state index contributed by atoms with van der Waals surface area (Å²) in [5.41, 5.74) is 4.16. The Morgan fingerprint density at radius 2 is 1.86 bits per heavy atom. The van der Waals surface area contributed by atoms with E-state index in [1.54, 1.807) is 0 Å². The number of aliphatic hydroxyl groups excluding tert-OH is 1. The van der Waals surface area contributed by atoms with Gasteiger partial charge in [-0.1, -0.05) is 19.9 Å². The molecule has 2 N–H and O–H groups in total. The number of hydrogen-bond acceptors (Lipinski definition) is 3. The third kappa shape index (κ3) is 4.60. The second-order valence-corrected chi connectivity index (χ2v) is 6.18. The lowest BCUT2D eigenvalue weighted by Crippen LogP contribution is -2.43. The second kappa shape index (κ2) is 8.02. The number of aryl methyl sites for hydroxylation is 1. The molecule has 1 aliphatic rings. The monoisotopic (exact) mass is 313 g/mol. The predicted molar refractivity (Wildman–Crippen MR) is 89.7 cm³/mol. The SMILES string of the molecule is Cc1ccc(OC[C@H](O)[C@H](C)NC(C)C)c2c1CCC2.Cl. The van der Waals surface area contributed by atoms with Crippen molar-refractivity contribution in [1.82, 2.24) is 5.32 Å². The van der Waals surface area contributed by atoms with Crippen molar-refractivity contribution in [1.29, 1.82) is 0 Å². The molecule has 0 aliphatic heterocycles. The van der Waals surface area contributed by atoms with Crippen LogP contribution in [-0.2, 0) is 12.8 Å². The lowest BCUT2D eigenvalue weighted by atomic mass is 10.0. The number of ether oxygens (including phenoxy) is 1. The average molecular weight is 314 g/mol. The van der Waals surface area contributed by atoms with Crippen LogP contribution in [0.5, 0.6) is 5.75 Å². The van der Waals surface area contributed by atoms with Crippen LogP contribution in [0.15, 0.2) is 12.1 Å². The topological polar surface area (TPSA) is 41.5 Å². The van der Waals surface area contributed by atoms with E-state index in [0.717, 1.165) is 18.6 Å². The van der Waals surface area contributed by atoms with E-state index in [4.69, 9.17) is 4.74 Å². The van der Waals surface area contributed by atoms with Crippen molar-refractivity contribution in [2.45, 2.75) is 65.1 Å². The summed E-state index contributed by atoms with van der Waals surface area (Å²) >= 11 is 0. The largest absolute Gasteiger partial charge is 0.491 e. The Balaban J connectivity index is 0.00000220. The third-order valence-corrected chi connectivity index (χ3v) is 4.06. The van der Waals surface area contributed by atoms with Crippen molar-refractivity contribution in [2.24, 2.45) is 0 Å². The van der Waals surface area contributed by atoms with Gasteiger partial charge in [0.1, 0.15) is 18.5 Å². The van der Waals surface area contributed by atoms with E-state index in [1.807, 2.05) is 13.0 Å². The van der Waals surface area contributed by atoms with Gasteiger partial charge in [-0.25, -0.2) is 0 Å². The van der Waals surface area contributed by atoms with Gasteiger partial charge in [0.15, 0.2) is 0 Å². The zero-order valence-electron chi connectivity index (χ0n) is 13.5. The number of halogens is 1. The van der Waals surface area contributed by atoms with Crippen molar-refractivity contribution >= 4 is 12.4 Å². The average Bonchev–Trinajstić information content (AvgIpc) is 2.87. The van der Waals surface area contributed by atoms with E-state index in [2.05, 4.69) is 32.2 Å². The van der Waals surface area contributed by atoms with Gasteiger partial charge in [-0.3, -0.25) is 0 Å². The highest BCUT2D eigenvalue weighted by atomic mass is 35.5. The number of hydrogen-bond donors (Lipinski definition) is 2. The van der Waals surface area contributed by atoms with Crippen LogP contribution in [0.3, 0.4) is 0 Å². The number of aliphatic hydroxyl groups is 1. The fraction of sp³-hybridized carbons (Fsp3) is 0.647. The number of fused-ring (bicyclic) bond motifs is 1. The van der Waals surface area contributed by atoms with E-state index in [-0.39, 0.29) is 18.4 Å². The molecule has 0 saturated heterocycles. The fourth-order valence-electron chi connectivity index (χ4n) is 2.94. The quantitative estimate of drug-likeness (QED) is 0.848. The standard InChI is InChI=1S/C17H27NO2.ClH/c1-11(2)18-13(4)16(19)10-20-17-9-8-12(3)14-6-5-7-15(14)17;/h8-9,11,13,16,18-19H,5-7,10H2,1-4H3;1H/t13-,16-;/m0./s1. The first-order valence-corrected chi connectivity index (χ1v) is 7.67. The van der Waals surface area contributed by atoms with E-state index < -0.39 is 6.10 Å². The minimum Gasteiger partial charge on any atom is -0.491 e. The Bertz CT molecular complexity index is 462. The number of nitrogens with one attached hydrogen (secondary N) is 1. The van der Waals surface area contributed by atoms with E-state index in [1.165, 1.54) is 23.1 Å². The second-order valence-electron chi connectivity index (χ2n) is 6.18. The first-order valence-electron chi connectivity index (χ1n) is 7.67. The molecule has 0 radical (unpaired) electrons. The van der Waals surface area contributed by atoms with Crippen LogP contribution in [-0.4, -0.2) is 29.9 Å². The predicted octanol–water partition coefficient (Wildman–Crippen LogP) is 3.03. The van der Waals surface area contributed by atoms with Gasteiger partial charge in [0.05, 0.1) is 0 Å². The molecule has 0 unspecified atom stereocenters. The summed E-state index contributed by atoms with van der Waals surface area (Å²) in [4.78, 5) is 0. The Morgan fingerprint density at radius 1 is 1.19 bits per heavy atom. The van der Waals surface area contributed by atoms with Gasteiger partial charge in [-0.05, 0) is 55.9 Å². The molecule has 0 heterocycles. The van der Waals surface area contributed by atoms with Crippen molar-refractivity contribution in [3.8, 4) is 5.75 Å². The molecule has 1 aliphatic carbocycles. The minimum atomic E-state index is -0.490. The molecule has 1 aromatic rings. The zero-order valence-corrected chi connectivity index (χ0v) is 14.3. The minimum absolute atomic E-state index is 0. The van der Waals surface area contributed by atoms with Crippen LogP contribution < -0.4 is 10.1 Å². The Hall–Kier alpha value is -0.770. The highest BCUT2D eigenvalue weighted by Crippen LogP contribution is 2.33. The van der Waals surface area contributed by atoms with E-state index >= 15 is 0 Å². The summed E-state index contributed by atoms with van der Waals surface area (Å²) in [6, 6.07) is 4.57. The van der Waals surface area contributed by atoms with Crippen molar-refractivity contribution in [3.05, 3.63) is 28.8 Å². The molecule has 21 heavy (non-hydrogen) atoms. The summed E-state index contributed by atoms with van der Waals surface area (Å²) in [6.45, 7) is 8.66. The Morgan fingerprint density at radius 3 is 2.52 bits per heavy atom. The molecule has 0 aromatic heterocycles. The molecular weight excluding hydrogens is 286 g/mol. The maximum absolute atomic E-state index is 10.1. The van der Waals surface area contributed by atoms with Crippen LogP contribution in [0.25, 0.3) is 0 Å². The van der Waals surface area contributed by atoms with Crippen molar-refractivity contribution in [2.75, 3.05) is 6.61 Å². The maximum Gasteiger partial charge on any atom is 0.122 e. The maximum atomic E-state index is 10.1. The van der Waals surface area contributed by atoms with Crippen LogP contribution in [0, 0.1) is 6.92 Å². The molecule has 0 saturated carbocycles. The summed E-state index contributed by atoms with van der Waals surface area (Å²) in [7, 11) is 0. The molecule has 2 atom stereocenters. The molecule has 0 bridgehead atoms. The number of benzene rings is 1. The molecule has 1 aromatic carbocycles. The Kier molecular flexibility index (Phi) is 6.98. The van der Waals surface area contributed by atoms with Crippen molar-refractivity contribution in [3.63, 3.8) is 0 Å². The Labute approximate surface area is 134 Å². The highest BCUT2D eigenvalue weighted by Gasteiger charge is 2.20. The molecular formula is C17H28ClNO2. The van der Waals surface area contributed by atoms with Gasteiger partial charge < -0.3 is 15.2 Å². The van der Waals surface area contributed by atoms with Gasteiger partial charge in [0, 0.05) is 12.1 Å². The molecule has 4 heteroatoms. The van der Waals surface area contributed by atoms with Crippen molar-refractivity contribution < 1.29 is 9.84 Å². The summed E-state index contributed by atoms with van der Waals surface area (Å²) in [6.07, 6.45) is 2.98. The summed E-state index contributed by atoms with van der Waals surface area (Å²) in [5.74, 6) is 0.957. The summed E-state index contributed by atoms with van der Waals surface area (Å²) in [5, 5.41) is 13.5. The van der Waals surface area contributed by atoms with Gasteiger partial charge >= 0.3 is 0 Å². The molecule has 0 fully saturated rings. The van der Waals surface area contributed by atoms with Crippen LogP contribution in [0.1, 0.15) is 43.9 Å². The molecule has 120 valence electrons. The van der Waals surface area contributed by atoms with Gasteiger partial charge in [-0.2, -0.15) is 0 Å². The lowest BCUT2D eigenvalue weighted by molar-refractivity contribution is 0.0755. The van der Waals surface area contributed by atoms with Gasteiger partial charge in [0.25, 0.3) is 0 Å². The normalized spacial score (nSPS) is 16.3. The zero-order chi connectivity index (χ0) is 14.7. The summed E-state index contributed by atoms with van der Waals surface area (Å²) < 4.78 is 5.88. The first-order chi connectivity index (χ1) is 9.49. The lowest BCUT2D eigenvalue weighted by Gasteiger charge is -2.23. The first kappa shape index (κ1) is 18.3. The fourth-order valence-corrected chi connectivity index (χ4v) is 2.94. The van der Waals surface area contributed by atoms with Gasteiger partial charge in [-0.15, -0.1) is 12.4 Å². The van der Waals surface area contributed by atoms with Crippen LogP contribution in [0.4, 0.5) is 0 Å². The third-order valence-electron chi connectivity index (χ3n) is 4.06. The highest BCUT2D eigenvalue weighted by molar-refractivity contribution is 5.85. The smallest absolute Gasteiger partial charge is 0.122 e. The number of rotatable bonds is 6. The molecule has 0 spiro atoms. The van der Waals surface area contributed by atoms with Crippen LogP contribution >= 0.6 is 12.4 Å². The molecule has 0 amide bonds.